The highest BCUT2D eigenvalue weighted by Crippen LogP contribution is 2.24. The summed E-state index contributed by atoms with van der Waals surface area (Å²) in [5.41, 5.74) is 5.27. The molecular weight excluding hydrogens is 296 g/mol. The van der Waals surface area contributed by atoms with Crippen LogP contribution in [-0.2, 0) is 16.6 Å². The maximum atomic E-state index is 12.6. The second-order valence-corrected chi connectivity index (χ2v) is 6.03. The Labute approximate surface area is 105 Å². The average Bonchev–Trinajstić information content (AvgIpc) is 2.75. The maximum Gasteiger partial charge on any atom is 0.320 e. The van der Waals surface area contributed by atoms with Crippen molar-refractivity contribution in [2.45, 2.75) is 23.8 Å². The van der Waals surface area contributed by atoms with Crippen LogP contribution in [0.15, 0.2) is 16.3 Å². The van der Waals surface area contributed by atoms with Crippen LogP contribution in [0.1, 0.15) is 4.88 Å². The first kappa shape index (κ1) is 15.3. The Kier molecular flexibility index (Phi) is 4.70. The zero-order valence-corrected chi connectivity index (χ0v) is 10.5. The van der Waals surface area contributed by atoms with Gasteiger partial charge < -0.3 is 5.73 Å². The number of halogens is 4. The van der Waals surface area contributed by atoms with Gasteiger partial charge in [0.25, 0.3) is 0 Å². The van der Waals surface area contributed by atoms with Gasteiger partial charge in [0, 0.05) is 11.4 Å². The fourth-order valence-corrected chi connectivity index (χ4v) is 3.44. The van der Waals surface area contributed by atoms with Gasteiger partial charge in [-0.25, -0.2) is 21.9 Å². The smallest absolute Gasteiger partial charge is 0.320 e. The molecule has 0 amide bonds. The molecule has 18 heavy (non-hydrogen) atoms. The Hall–Kier alpha value is -0.710. The zero-order valence-electron chi connectivity index (χ0n) is 8.87. The van der Waals surface area contributed by atoms with Crippen LogP contribution in [0.2, 0.25) is 0 Å². The van der Waals surface area contributed by atoms with E-state index in [0.29, 0.717) is 0 Å². The van der Waals surface area contributed by atoms with E-state index in [2.05, 4.69) is 0 Å². The molecule has 1 aromatic rings. The minimum absolute atomic E-state index is 0.0842. The van der Waals surface area contributed by atoms with Gasteiger partial charge in [0.15, 0.2) is 0 Å². The molecule has 0 aliphatic carbocycles. The van der Waals surface area contributed by atoms with Crippen molar-refractivity contribution in [3.8, 4) is 0 Å². The Morgan fingerprint density at radius 3 is 2.56 bits per heavy atom. The summed E-state index contributed by atoms with van der Waals surface area (Å²) in [6, 6.07) is 1.18. The number of thiophene rings is 1. The van der Waals surface area contributed by atoms with Crippen molar-refractivity contribution in [1.82, 2.24) is 4.72 Å². The third-order valence-corrected chi connectivity index (χ3v) is 4.55. The van der Waals surface area contributed by atoms with Crippen LogP contribution in [0.25, 0.3) is 0 Å². The normalized spacial score (nSPS) is 13.2. The lowest BCUT2D eigenvalue weighted by molar-refractivity contribution is -0.122. The minimum Gasteiger partial charge on any atom is -0.326 e. The van der Waals surface area contributed by atoms with Crippen molar-refractivity contribution < 1.29 is 26.0 Å². The summed E-state index contributed by atoms with van der Waals surface area (Å²) < 4.78 is 73.6. The van der Waals surface area contributed by atoms with Gasteiger partial charge in [0.1, 0.15) is 0 Å². The molecule has 0 aromatic carbocycles. The number of alkyl halides is 4. The number of hydrogen-bond donors (Lipinski definition) is 2. The molecule has 0 aliphatic heterocycles. The lowest BCUT2D eigenvalue weighted by Gasteiger charge is -2.15. The number of rotatable bonds is 6. The van der Waals surface area contributed by atoms with Gasteiger partial charge in [-0.2, -0.15) is 8.78 Å². The van der Waals surface area contributed by atoms with Crippen LogP contribution >= 0.6 is 11.3 Å². The third kappa shape index (κ3) is 3.40. The summed E-state index contributed by atoms with van der Waals surface area (Å²) in [5.74, 6) is -4.41. The summed E-state index contributed by atoms with van der Waals surface area (Å²) in [7, 11) is -4.26. The Bertz CT molecular complexity index is 501. The molecule has 3 N–H and O–H groups in total. The van der Waals surface area contributed by atoms with Gasteiger partial charge in [-0.15, -0.1) is 11.3 Å². The third-order valence-electron chi connectivity index (χ3n) is 2.00. The summed E-state index contributed by atoms with van der Waals surface area (Å²) >= 11 is 1.04. The van der Waals surface area contributed by atoms with E-state index in [4.69, 9.17) is 5.73 Å². The zero-order chi connectivity index (χ0) is 14.0. The molecule has 104 valence electrons. The van der Waals surface area contributed by atoms with Gasteiger partial charge in [0.05, 0.1) is 11.4 Å². The van der Waals surface area contributed by atoms with Gasteiger partial charge in [-0.05, 0) is 11.4 Å². The molecule has 10 heteroatoms. The summed E-state index contributed by atoms with van der Waals surface area (Å²) in [4.78, 5) is 0.00271. The first-order valence-electron chi connectivity index (χ1n) is 4.63. The van der Waals surface area contributed by atoms with Gasteiger partial charge in [-0.3, -0.25) is 0 Å². The lowest BCUT2D eigenvalue weighted by atomic mass is 10.4. The van der Waals surface area contributed by atoms with E-state index in [1.807, 2.05) is 0 Å². The number of nitrogens with two attached hydrogens (primary N) is 1. The quantitative estimate of drug-likeness (QED) is 0.780. The van der Waals surface area contributed by atoms with E-state index < -0.39 is 28.9 Å². The highest BCUT2D eigenvalue weighted by Gasteiger charge is 2.41. The van der Waals surface area contributed by atoms with Crippen LogP contribution in [0.3, 0.4) is 0 Å². The highest BCUT2D eigenvalue weighted by atomic mass is 32.2. The Balaban J connectivity index is 2.84. The van der Waals surface area contributed by atoms with Crippen molar-refractivity contribution >= 4 is 21.4 Å². The highest BCUT2D eigenvalue weighted by molar-refractivity contribution is 7.89. The van der Waals surface area contributed by atoms with Crippen molar-refractivity contribution in [3.05, 3.63) is 16.3 Å². The van der Waals surface area contributed by atoms with Crippen molar-refractivity contribution in [1.29, 1.82) is 0 Å². The molecule has 0 saturated carbocycles. The fourth-order valence-electron chi connectivity index (χ4n) is 1.06. The standard InChI is InChI=1S/C8H10F4N2O2S2/c9-7(10)8(11,12)4-14-18(15,16)6-1-2-17-5(6)3-13/h1-2,7,14H,3-4,13H2. The second kappa shape index (κ2) is 5.51. The molecule has 0 unspecified atom stereocenters. The average molecular weight is 306 g/mol. The largest absolute Gasteiger partial charge is 0.326 e. The molecule has 0 saturated heterocycles. The van der Waals surface area contributed by atoms with Crippen LogP contribution < -0.4 is 10.5 Å². The molecule has 0 bridgehead atoms. The van der Waals surface area contributed by atoms with E-state index in [0.717, 1.165) is 11.3 Å². The molecule has 0 fully saturated rings. The second-order valence-electron chi connectivity index (χ2n) is 3.30. The van der Waals surface area contributed by atoms with Crippen molar-refractivity contribution in [3.63, 3.8) is 0 Å². The predicted molar refractivity (Wildman–Crippen MR) is 58.3 cm³/mol. The Morgan fingerprint density at radius 1 is 1.44 bits per heavy atom. The lowest BCUT2D eigenvalue weighted by Crippen LogP contribution is -2.41. The van der Waals surface area contributed by atoms with Crippen LogP contribution in [-0.4, -0.2) is 27.3 Å². The topological polar surface area (TPSA) is 72.2 Å². The van der Waals surface area contributed by atoms with E-state index in [9.17, 15) is 26.0 Å². The van der Waals surface area contributed by atoms with E-state index in [-0.39, 0.29) is 16.3 Å². The van der Waals surface area contributed by atoms with E-state index in [1.54, 1.807) is 0 Å². The van der Waals surface area contributed by atoms with Crippen LogP contribution in [0.4, 0.5) is 17.6 Å². The molecule has 1 heterocycles. The first-order chi connectivity index (χ1) is 8.20. The van der Waals surface area contributed by atoms with E-state index in [1.165, 1.54) is 16.2 Å². The monoisotopic (exact) mass is 306 g/mol. The van der Waals surface area contributed by atoms with E-state index >= 15 is 0 Å². The van der Waals surface area contributed by atoms with Gasteiger partial charge in [0.2, 0.25) is 10.0 Å². The van der Waals surface area contributed by atoms with Crippen LogP contribution in [0.5, 0.6) is 0 Å². The van der Waals surface area contributed by atoms with Crippen molar-refractivity contribution in [2.75, 3.05) is 6.54 Å². The Morgan fingerprint density at radius 2 is 2.06 bits per heavy atom. The molecule has 1 rings (SSSR count). The molecule has 0 aliphatic rings. The maximum absolute atomic E-state index is 12.6. The van der Waals surface area contributed by atoms with Gasteiger partial charge >= 0.3 is 12.3 Å². The molecular formula is C8H10F4N2O2S2. The van der Waals surface area contributed by atoms with Crippen LogP contribution in [0, 0.1) is 0 Å². The fraction of sp³-hybridized carbons (Fsp3) is 0.500. The first-order valence-corrected chi connectivity index (χ1v) is 6.99. The molecule has 0 spiro atoms. The molecule has 4 nitrogen and oxygen atoms in total. The SMILES string of the molecule is NCc1sccc1S(=O)(=O)NCC(F)(F)C(F)F. The molecule has 1 aromatic heterocycles. The molecule has 0 atom stereocenters. The minimum atomic E-state index is -4.41. The summed E-state index contributed by atoms with van der Waals surface area (Å²) in [6.45, 7) is -1.74. The molecule has 0 radical (unpaired) electrons. The summed E-state index contributed by atoms with van der Waals surface area (Å²) in [5, 5.41) is 1.42. The predicted octanol–water partition coefficient (Wildman–Crippen LogP) is 1.39. The summed E-state index contributed by atoms with van der Waals surface area (Å²) in [6.07, 6.45) is -3.93. The number of nitrogens with one attached hydrogen (secondary N) is 1. The van der Waals surface area contributed by atoms with Crippen molar-refractivity contribution in [2.24, 2.45) is 5.73 Å². The number of hydrogen-bond acceptors (Lipinski definition) is 4. The number of sulfonamides is 1. The van der Waals surface area contributed by atoms with Gasteiger partial charge in [-0.1, -0.05) is 0 Å².